The van der Waals surface area contributed by atoms with Crippen molar-refractivity contribution in [2.45, 2.75) is 19.1 Å². The average Bonchev–Trinajstić information content (AvgIpc) is 3.19. The number of alkyl carbamates (subject to hydrolysis) is 1. The van der Waals surface area contributed by atoms with Gasteiger partial charge in [0.15, 0.2) is 5.88 Å². The van der Waals surface area contributed by atoms with Crippen LogP contribution in [-0.4, -0.2) is 24.1 Å². The fraction of sp³-hybridized carbons (Fsp3) is 0.200. The molecule has 0 spiro atoms. The molecule has 3 aromatic rings. The average molecular weight is 366 g/mol. The maximum Gasteiger partial charge on any atom is 0.415 e. The quantitative estimate of drug-likeness (QED) is 0.724. The van der Waals surface area contributed by atoms with Gasteiger partial charge >= 0.3 is 6.09 Å². The highest BCUT2D eigenvalue weighted by Crippen LogP contribution is 2.30. The van der Waals surface area contributed by atoms with Gasteiger partial charge in [-0.25, -0.2) is 4.79 Å². The minimum absolute atomic E-state index is 0.354. The van der Waals surface area contributed by atoms with E-state index < -0.39 is 17.6 Å². The SMILES string of the molecule is COc1ccc2[nH]c(OCc3ccc(C4(C)OC(=O)NC4=O)cc3)cc2c1. The summed E-state index contributed by atoms with van der Waals surface area (Å²) in [5, 5.41) is 3.15. The number of rotatable bonds is 5. The summed E-state index contributed by atoms with van der Waals surface area (Å²) in [4.78, 5) is 26.4. The van der Waals surface area contributed by atoms with Gasteiger partial charge in [0.2, 0.25) is 5.60 Å². The standard InChI is InChI=1S/C20H18N2O5/c1-20(18(23)22-19(24)27-20)14-5-3-12(4-6-14)11-26-17-10-13-9-15(25-2)7-8-16(13)21-17/h3-10,21H,11H2,1-2H3,(H,22,23,24). The predicted octanol–water partition coefficient (Wildman–Crippen LogP) is 3.24. The first-order chi connectivity index (χ1) is 13.0. The first-order valence-electron chi connectivity index (χ1n) is 8.41. The molecule has 27 heavy (non-hydrogen) atoms. The molecule has 1 aliphatic rings. The summed E-state index contributed by atoms with van der Waals surface area (Å²) in [5.74, 6) is 0.970. The highest BCUT2D eigenvalue weighted by atomic mass is 16.6. The van der Waals surface area contributed by atoms with Gasteiger partial charge in [-0.3, -0.25) is 10.1 Å². The molecule has 138 valence electrons. The number of cyclic esters (lactones) is 1. The van der Waals surface area contributed by atoms with Crippen molar-refractivity contribution < 1.29 is 23.8 Å². The Labute approximate surface area is 155 Å². The van der Waals surface area contributed by atoms with Crippen molar-refractivity contribution in [3.8, 4) is 11.6 Å². The Balaban J connectivity index is 1.46. The molecular weight excluding hydrogens is 348 g/mol. The Hall–Kier alpha value is -3.48. The number of carbonyl (C=O) groups is 2. The lowest BCUT2D eigenvalue weighted by Gasteiger charge is -2.19. The first kappa shape index (κ1) is 17.0. The van der Waals surface area contributed by atoms with Crippen molar-refractivity contribution in [1.82, 2.24) is 10.3 Å². The van der Waals surface area contributed by atoms with Gasteiger partial charge in [-0.05, 0) is 30.7 Å². The number of amides is 2. The molecule has 0 saturated carbocycles. The number of H-pyrrole nitrogens is 1. The minimum atomic E-state index is -1.30. The van der Waals surface area contributed by atoms with Crippen LogP contribution in [0.2, 0.25) is 0 Å². The molecule has 1 fully saturated rings. The van der Waals surface area contributed by atoms with Crippen molar-refractivity contribution >= 4 is 22.9 Å². The summed E-state index contributed by atoms with van der Waals surface area (Å²) in [6.45, 7) is 1.92. The number of imide groups is 1. The largest absolute Gasteiger partial charge is 0.497 e. The van der Waals surface area contributed by atoms with Crippen LogP contribution >= 0.6 is 0 Å². The Morgan fingerprint density at radius 1 is 1.07 bits per heavy atom. The molecule has 0 bridgehead atoms. The minimum Gasteiger partial charge on any atom is -0.497 e. The zero-order chi connectivity index (χ0) is 19.0. The number of benzene rings is 2. The van der Waals surface area contributed by atoms with Crippen molar-refractivity contribution in [1.29, 1.82) is 0 Å². The molecule has 7 nitrogen and oxygen atoms in total. The summed E-state index contributed by atoms with van der Waals surface area (Å²) in [6.07, 6.45) is -0.731. The summed E-state index contributed by atoms with van der Waals surface area (Å²) in [6, 6.07) is 14.9. The number of aromatic amines is 1. The number of carbonyl (C=O) groups excluding carboxylic acids is 2. The molecule has 2 aromatic carbocycles. The molecule has 1 saturated heterocycles. The van der Waals surface area contributed by atoms with E-state index in [1.165, 1.54) is 0 Å². The Morgan fingerprint density at radius 3 is 2.52 bits per heavy atom. The lowest BCUT2D eigenvalue weighted by Crippen LogP contribution is -2.33. The van der Waals surface area contributed by atoms with E-state index in [2.05, 4.69) is 10.3 Å². The normalized spacial score (nSPS) is 19.0. The van der Waals surface area contributed by atoms with Crippen LogP contribution in [0, 0.1) is 0 Å². The smallest absolute Gasteiger partial charge is 0.415 e. The van der Waals surface area contributed by atoms with E-state index in [9.17, 15) is 9.59 Å². The van der Waals surface area contributed by atoms with E-state index in [1.807, 2.05) is 36.4 Å². The summed E-state index contributed by atoms with van der Waals surface area (Å²) >= 11 is 0. The number of hydrogen-bond acceptors (Lipinski definition) is 5. The topological polar surface area (TPSA) is 89.7 Å². The third-order valence-corrected chi connectivity index (χ3v) is 4.65. The molecule has 1 atom stereocenters. The van der Waals surface area contributed by atoms with Gasteiger partial charge in [0, 0.05) is 22.5 Å². The molecule has 2 heterocycles. The highest BCUT2D eigenvalue weighted by Gasteiger charge is 2.46. The van der Waals surface area contributed by atoms with Crippen LogP contribution in [0.1, 0.15) is 18.1 Å². The number of methoxy groups -OCH3 is 1. The molecule has 1 unspecified atom stereocenters. The van der Waals surface area contributed by atoms with Crippen LogP contribution in [0.4, 0.5) is 4.79 Å². The molecule has 4 rings (SSSR count). The van der Waals surface area contributed by atoms with E-state index in [1.54, 1.807) is 26.2 Å². The first-order valence-corrected chi connectivity index (χ1v) is 8.41. The third-order valence-electron chi connectivity index (χ3n) is 4.65. The van der Waals surface area contributed by atoms with Gasteiger partial charge in [-0.1, -0.05) is 24.3 Å². The van der Waals surface area contributed by atoms with E-state index in [0.29, 0.717) is 18.1 Å². The van der Waals surface area contributed by atoms with Crippen LogP contribution in [0.5, 0.6) is 11.6 Å². The van der Waals surface area contributed by atoms with Gasteiger partial charge in [-0.15, -0.1) is 0 Å². The second-order valence-electron chi connectivity index (χ2n) is 6.45. The van der Waals surface area contributed by atoms with Crippen LogP contribution in [0.15, 0.2) is 48.5 Å². The van der Waals surface area contributed by atoms with Crippen molar-refractivity contribution in [2.24, 2.45) is 0 Å². The van der Waals surface area contributed by atoms with Crippen LogP contribution in [0.25, 0.3) is 10.9 Å². The Kier molecular flexibility index (Phi) is 3.99. The molecule has 1 aliphatic heterocycles. The van der Waals surface area contributed by atoms with E-state index >= 15 is 0 Å². The fourth-order valence-corrected chi connectivity index (χ4v) is 3.03. The zero-order valence-corrected chi connectivity index (χ0v) is 14.9. The summed E-state index contributed by atoms with van der Waals surface area (Å²) < 4.78 is 16.2. The molecule has 0 radical (unpaired) electrons. The van der Waals surface area contributed by atoms with Crippen LogP contribution in [0.3, 0.4) is 0 Å². The lowest BCUT2D eigenvalue weighted by molar-refractivity contribution is -0.130. The van der Waals surface area contributed by atoms with Crippen LogP contribution < -0.4 is 14.8 Å². The summed E-state index contributed by atoms with van der Waals surface area (Å²) in [5.41, 5.74) is 1.19. The third kappa shape index (κ3) is 3.08. The van der Waals surface area contributed by atoms with E-state index in [0.717, 1.165) is 22.2 Å². The molecule has 2 N–H and O–H groups in total. The lowest BCUT2D eigenvalue weighted by atomic mass is 9.94. The molecule has 0 aliphatic carbocycles. The zero-order valence-electron chi connectivity index (χ0n) is 14.9. The van der Waals surface area contributed by atoms with E-state index in [4.69, 9.17) is 14.2 Å². The number of hydrogen-bond donors (Lipinski definition) is 2. The maximum absolute atomic E-state index is 11.9. The highest BCUT2D eigenvalue weighted by molar-refractivity contribution is 6.03. The molecule has 2 amide bonds. The monoisotopic (exact) mass is 366 g/mol. The Morgan fingerprint density at radius 2 is 1.85 bits per heavy atom. The van der Waals surface area contributed by atoms with Gasteiger partial charge in [0.25, 0.3) is 5.91 Å². The number of fused-ring (bicyclic) bond motifs is 1. The van der Waals surface area contributed by atoms with Gasteiger partial charge in [0.05, 0.1) is 7.11 Å². The van der Waals surface area contributed by atoms with Crippen molar-refractivity contribution in [2.75, 3.05) is 7.11 Å². The molecular formula is C20H18N2O5. The predicted molar refractivity (Wildman–Crippen MR) is 97.6 cm³/mol. The van der Waals surface area contributed by atoms with Crippen molar-refractivity contribution in [3.05, 3.63) is 59.7 Å². The second-order valence-corrected chi connectivity index (χ2v) is 6.45. The second kappa shape index (κ2) is 6.35. The Bertz CT molecular complexity index is 1020. The van der Waals surface area contributed by atoms with Gasteiger partial charge in [0.1, 0.15) is 12.4 Å². The van der Waals surface area contributed by atoms with E-state index in [-0.39, 0.29) is 0 Å². The van der Waals surface area contributed by atoms with Crippen LogP contribution in [-0.2, 0) is 21.7 Å². The molecule has 7 heteroatoms. The fourth-order valence-electron chi connectivity index (χ4n) is 3.03. The number of nitrogens with one attached hydrogen (secondary N) is 2. The van der Waals surface area contributed by atoms with Gasteiger partial charge < -0.3 is 19.2 Å². The van der Waals surface area contributed by atoms with Crippen molar-refractivity contribution in [3.63, 3.8) is 0 Å². The molecule has 1 aromatic heterocycles. The number of ether oxygens (including phenoxy) is 3. The number of aromatic nitrogens is 1. The van der Waals surface area contributed by atoms with Gasteiger partial charge in [-0.2, -0.15) is 0 Å². The summed E-state index contributed by atoms with van der Waals surface area (Å²) in [7, 11) is 1.63. The maximum atomic E-state index is 11.9.